The summed E-state index contributed by atoms with van der Waals surface area (Å²) in [6.45, 7) is 8.33. The molecule has 0 spiro atoms. The van der Waals surface area contributed by atoms with Gasteiger partial charge in [0, 0.05) is 6.04 Å². The smallest absolute Gasteiger partial charge is 0.119 e. The zero-order valence-corrected chi connectivity index (χ0v) is 11.3. The van der Waals surface area contributed by atoms with Crippen LogP contribution in [0.4, 0.5) is 0 Å². The van der Waals surface area contributed by atoms with E-state index < -0.39 is 0 Å². The fraction of sp³-hybridized carbons (Fsp3) is 0.600. The van der Waals surface area contributed by atoms with Gasteiger partial charge in [-0.25, -0.2) is 0 Å². The Kier molecular flexibility index (Phi) is 6.71. The first kappa shape index (κ1) is 14.0. The van der Waals surface area contributed by atoms with Crippen molar-refractivity contribution in [2.24, 2.45) is 0 Å². The summed E-state index contributed by atoms with van der Waals surface area (Å²) in [5, 5.41) is 3.53. The number of nitrogens with one attached hydrogen (secondary N) is 1. The Bertz CT molecular complexity index is 312. The van der Waals surface area contributed by atoms with Crippen molar-refractivity contribution >= 4 is 0 Å². The van der Waals surface area contributed by atoms with Crippen molar-refractivity contribution in [3.05, 3.63) is 29.8 Å². The molecular weight excluding hydrogens is 210 g/mol. The van der Waals surface area contributed by atoms with Crippen LogP contribution in [0.3, 0.4) is 0 Å². The Morgan fingerprint density at radius 3 is 2.71 bits per heavy atom. The molecule has 1 N–H and O–H groups in total. The maximum Gasteiger partial charge on any atom is 0.119 e. The lowest BCUT2D eigenvalue weighted by Crippen LogP contribution is -2.35. The molecular formula is C15H25NO. The Balaban J connectivity index is 2.39. The van der Waals surface area contributed by atoms with Crippen molar-refractivity contribution in [3.63, 3.8) is 0 Å². The standard InChI is InChI=1S/C15H25NO/c1-4-7-14(16-10-5-2)12-17-15-9-6-8-13(3)11-15/h6,8-9,11,14,16H,4-5,7,10,12H2,1-3H3. The second-order valence-corrected chi connectivity index (χ2v) is 4.57. The molecule has 1 atom stereocenters. The molecule has 1 rings (SSSR count). The molecule has 0 aliphatic heterocycles. The number of hydrogen-bond donors (Lipinski definition) is 1. The van der Waals surface area contributed by atoms with Gasteiger partial charge in [0.25, 0.3) is 0 Å². The highest BCUT2D eigenvalue weighted by molar-refractivity contribution is 5.27. The lowest BCUT2D eigenvalue weighted by molar-refractivity contribution is 0.256. The molecule has 0 saturated carbocycles. The van der Waals surface area contributed by atoms with Gasteiger partial charge in [0.1, 0.15) is 12.4 Å². The summed E-state index contributed by atoms with van der Waals surface area (Å²) in [5.41, 5.74) is 1.25. The summed E-state index contributed by atoms with van der Waals surface area (Å²) in [5.74, 6) is 0.976. The van der Waals surface area contributed by atoms with Crippen LogP contribution in [0.2, 0.25) is 0 Å². The number of rotatable bonds is 8. The maximum atomic E-state index is 5.84. The van der Waals surface area contributed by atoms with Gasteiger partial charge in [-0.05, 0) is 44.0 Å². The van der Waals surface area contributed by atoms with E-state index in [1.54, 1.807) is 0 Å². The van der Waals surface area contributed by atoms with E-state index in [-0.39, 0.29) is 0 Å². The topological polar surface area (TPSA) is 21.3 Å². The maximum absolute atomic E-state index is 5.84. The molecule has 96 valence electrons. The molecule has 1 aromatic carbocycles. The molecule has 0 saturated heterocycles. The summed E-state index contributed by atoms with van der Waals surface area (Å²) in [6.07, 6.45) is 3.54. The number of benzene rings is 1. The van der Waals surface area contributed by atoms with E-state index >= 15 is 0 Å². The molecule has 0 fully saturated rings. The van der Waals surface area contributed by atoms with Crippen molar-refractivity contribution in [1.82, 2.24) is 5.32 Å². The van der Waals surface area contributed by atoms with Crippen molar-refractivity contribution in [3.8, 4) is 5.75 Å². The van der Waals surface area contributed by atoms with Crippen LogP contribution in [0.25, 0.3) is 0 Å². The number of ether oxygens (including phenoxy) is 1. The quantitative estimate of drug-likeness (QED) is 0.744. The van der Waals surface area contributed by atoms with Gasteiger partial charge in [0.05, 0.1) is 0 Å². The first-order valence-electron chi connectivity index (χ1n) is 6.69. The molecule has 1 aromatic rings. The third kappa shape index (κ3) is 5.73. The van der Waals surface area contributed by atoms with E-state index in [0.29, 0.717) is 6.04 Å². The van der Waals surface area contributed by atoms with Crippen LogP contribution in [-0.2, 0) is 0 Å². The minimum atomic E-state index is 0.473. The minimum absolute atomic E-state index is 0.473. The lowest BCUT2D eigenvalue weighted by Gasteiger charge is -2.18. The first-order chi connectivity index (χ1) is 8.26. The summed E-state index contributed by atoms with van der Waals surface area (Å²) < 4.78 is 5.84. The second kappa shape index (κ2) is 8.13. The molecule has 0 bridgehead atoms. The normalized spacial score (nSPS) is 12.4. The summed E-state index contributed by atoms with van der Waals surface area (Å²) >= 11 is 0. The number of hydrogen-bond acceptors (Lipinski definition) is 2. The van der Waals surface area contributed by atoms with Crippen molar-refractivity contribution < 1.29 is 4.74 Å². The van der Waals surface area contributed by atoms with Crippen LogP contribution in [0.15, 0.2) is 24.3 Å². The van der Waals surface area contributed by atoms with Crippen LogP contribution in [-0.4, -0.2) is 19.2 Å². The predicted molar refractivity (Wildman–Crippen MR) is 73.7 cm³/mol. The summed E-state index contributed by atoms with van der Waals surface area (Å²) in [7, 11) is 0. The number of aryl methyl sites for hydroxylation is 1. The molecule has 2 heteroatoms. The Morgan fingerprint density at radius 1 is 1.24 bits per heavy atom. The van der Waals surface area contributed by atoms with Crippen LogP contribution in [0, 0.1) is 6.92 Å². The van der Waals surface area contributed by atoms with E-state index in [2.05, 4.69) is 38.2 Å². The zero-order valence-electron chi connectivity index (χ0n) is 11.3. The highest BCUT2D eigenvalue weighted by atomic mass is 16.5. The molecule has 0 aliphatic rings. The predicted octanol–water partition coefficient (Wildman–Crippen LogP) is 3.54. The summed E-state index contributed by atoms with van der Waals surface area (Å²) in [6, 6.07) is 8.71. The average Bonchev–Trinajstić information content (AvgIpc) is 2.33. The van der Waals surface area contributed by atoms with Crippen molar-refractivity contribution in [1.29, 1.82) is 0 Å². The van der Waals surface area contributed by atoms with Crippen LogP contribution in [0.5, 0.6) is 5.75 Å². The van der Waals surface area contributed by atoms with Gasteiger partial charge in [-0.15, -0.1) is 0 Å². The SMILES string of the molecule is CCCNC(CCC)COc1cccc(C)c1. The average molecular weight is 235 g/mol. The molecule has 17 heavy (non-hydrogen) atoms. The lowest BCUT2D eigenvalue weighted by atomic mass is 10.2. The van der Waals surface area contributed by atoms with E-state index in [0.717, 1.165) is 18.9 Å². The molecule has 0 radical (unpaired) electrons. The highest BCUT2D eigenvalue weighted by Gasteiger charge is 2.07. The van der Waals surface area contributed by atoms with Gasteiger partial charge in [0.2, 0.25) is 0 Å². The molecule has 0 amide bonds. The Labute approximate surface area is 105 Å². The fourth-order valence-electron chi connectivity index (χ4n) is 1.84. The molecule has 1 unspecified atom stereocenters. The minimum Gasteiger partial charge on any atom is -0.492 e. The first-order valence-corrected chi connectivity index (χ1v) is 6.69. The van der Waals surface area contributed by atoms with Gasteiger partial charge in [-0.3, -0.25) is 0 Å². The van der Waals surface area contributed by atoms with Crippen LogP contribution < -0.4 is 10.1 Å². The Morgan fingerprint density at radius 2 is 2.06 bits per heavy atom. The van der Waals surface area contributed by atoms with Crippen LogP contribution in [0.1, 0.15) is 38.7 Å². The summed E-state index contributed by atoms with van der Waals surface area (Å²) in [4.78, 5) is 0. The third-order valence-electron chi connectivity index (χ3n) is 2.76. The molecule has 0 aliphatic carbocycles. The monoisotopic (exact) mass is 235 g/mol. The van der Waals surface area contributed by atoms with E-state index in [1.807, 2.05) is 12.1 Å². The van der Waals surface area contributed by atoms with Gasteiger partial charge < -0.3 is 10.1 Å². The molecule has 0 aromatic heterocycles. The van der Waals surface area contributed by atoms with Gasteiger partial charge in [-0.2, -0.15) is 0 Å². The zero-order chi connectivity index (χ0) is 12.5. The molecule has 2 nitrogen and oxygen atoms in total. The molecule has 0 heterocycles. The second-order valence-electron chi connectivity index (χ2n) is 4.57. The van der Waals surface area contributed by atoms with E-state index in [9.17, 15) is 0 Å². The largest absolute Gasteiger partial charge is 0.492 e. The van der Waals surface area contributed by atoms with Gasteiger partial charge in [0.15, 0.2) is 0 Å². The third-order valence-corrected chi connectivity index (χ3v) is 2.76. The Hall–Kier alpha value is -1.02. The van der Waals surface area contributed by atoms with Crippen molar-refractivity contribution in [2.75, 3.05) is 13.2 Å². The van der Waals surface area contributed by atoms with Crippen molar-refractivity contribution in [2.45, 2.75) is 46.1 Å². The van der Waals surface area contributed by atoms with E-state index in [1.165, 1.54) is 24.8 Å². The van der Waals surface area contributed by atoms with E-state index in [4.69, 9.17) is 4.74 Å². The van der Waals surface area contributed by atoms with Gasteiger partial charge >= 0.3 is 0 Å². The van der Waals surface area contributed by atoms with Crippen LogP contribution >= 0.6 is 0 Å². The van der Waals surface area contributed by atoms with Gasteiger partial charge in [-0.1, -0.05) is 32.4 Å². The fourth-order valence-corrected chi connectivity index (χ4v) is 1.84. The highest BCUT2D eigenvalue weighted by Crippen LogP contribution is 2.13.